The quantitative estimate of drug-likeness (QED) is 0.271. The second-order valence-electron chi connectivity index (χ2n) is 12.3. The largest absolute Gasteiger partial charge is 0.497 e. The number of nitrogens with zero attached hydrogens (tertiary/aromatic N) is 3. The summed E-state index contributed by atoms with van der Waals surface area (Å²) in [5.74, 6) is 1.22. The standard InChI is InChI=1S/C36H44N4O5/c1-24-19-40(25(2)23-41)36(43)18-27-16-29(37-35(42)17-28-21-39(4)32-9-7-6-8-31(28)32)12-15-33(27)45-34(24)22-38(3)20-26-10-13-30(44-5)14-11-26/h6-16,21,24-25,34,41H,17-20,22-23H2,1-5H3,(H,37,42)/t24-,25-,34+/m0/s1. The SMILES string of the molecule is COc1ccc(CN(C)C[C@H]2Oc3ccc(NC(=O)Cc4cn(C)c5ccccc45)cc3CC(=O)N([C@@H](C)CO)C[C@@H]2C)cc1. The molecule has 4 aromatic rings. The predicted molar refractivity (Wildman–Crippen MR) is 177 cm³/mol. The fourth-order valence-corrected chi connectivity index (χ4v) is 6.08. The van der Waals surface area contributed by atoms with Gasteiger partial charge in [0.2, 0.25) is 11.8 Å². The highest BCUT2D eigenvalue weighted by atomic mass is 16.5. The lowest BCUT2D eigenvalue weighted by Crippen LogP contribution is -2.47. The van der Waals surface area contributed by atoms with Crippen molar-refractivity contribution in [2.75, 3.05) is 39.2 Å². The molecule has 1 aliphatic heterocycles. The van der Waals surface area contributed by atoms with Crippen LogP contribution in [0.5, 0.6) is 11.5 Å². The minimum Gasteiger partial charge on any atom is -0.497 e. The molecule has 5 rings (SSSR count). The minimum atomic E-state index is -0.331. The van der Waals surface area contributed by atoms with Crippen LogP contribution in [0.1, 0.15) is 30.5 Å². The van der Waals surface area contributed by atoms with Crippen LogP contribution in [-0.4, -0.2) is 77.3 Å². The molecular formula is C36H44N4O5. The molecule has 3 atom stereocenters. The lowest BCUT2D eigenvalue weighted by molar-refractivity contribution is -0.134. The third-order valence-corrected chi connectivity index (χ3v) is 8.63. The summed E-state index contributed by atoms with van der Waals surface area (Å²) >= 11 is 0. The van der Waals surface area contributed by atoms with Crippen molar-refractivity contribution in [1.29, 1.82) is 0 Å². The highest BCUT2D eigenvalue weighted by molar-refractivity contribution is 5.96. The first kappa shape index (κ1) is 32.1. The minimum absolute atomic E-state index is 0.00714. The van der Waals surface area contributed by atoms with Gasteiger partial charge in [-0.15, -0.1) is 0 Å². The number of carbonyl (C=O) groups excluding carboxylic acids is 2. The maximum atomic E-state index is 13.6. The van der Waals surface area contributed by atoms with E-state index in [-0.39, 0.29) is 49.3 Å². The lowest BCUT2D eigenvalue weighted by atomic mass is 10.0. The molecule has 3 aromatic carbocycles. The number of aryl methyl sites for hydroxylation is 1. The molecule has 0 spiro atoms. The van der Waals surface area contributed by atoms with Crippen LogP contribution in [0.2, 0.25) is 0 Å². The van der Waals surface area contributed by atoms with Crippen LogP contribution in [0.15, 0.2) is 72.9 Å². The van der Waals surface area contributed by atoms with Crippen LogP contribution in [-0.2, 0) is 36.0 Å². The molecule has 2 amide bonds. The second-order valence-corrected chi connectivity index (χ2v) is 12.3. The number of methoxy groups -OCH3 is 1. The number of benzene rings is 3. The zero-order valence-corrected chi connectivity index (χ0v) is 26.8. The van der Waals surface area contributed by atoms with E-state index in [1.54, 1.807) is 12.0 Å². The number of aliphatic hydroxyl groups excluding tert-OH is 1. The molecule has 0 saturated carbocycles. The van der Waals surface area contributed by atoms with Gasteiger partial charge in [0.05, 0.1) is 32.6 Å². The Morgan fingerprint density at radius 2 is 1.91 bits per heavy atom. The van der Waals surface area contributed by atoms with Gasteiger partial charge in [0.25, 0.3) is 0 Å². The first-order valence-electron chi connectivity index (χ1n) is 15.5. The fraction of sp³-hybridized carbons (Fsp3) is 0.389. The Morgan fingerprint density at radius 1 is 1.16 bits per heavy atom. The Balaban J connectivity index is 1.36. The first-order valence-corrected chi connectivity index (χ1v) is 15.5. The molecule has 238 valence electrons. The summed E-state index contributed by atoms with van der Waals surface area (Å²) in [6.45, 7) is 5.64. The van der Waals surface area contributed by atoms with Gasteiger partial charge in [-0.3, -0.25) is 14.5 Å². The number of anilines is 1. The summed E-state index contributed by atoms with van der Waals surface area (Å²) in [4.78, 5) is 30.7. The molecule has 2 heterocycles. The first-order chi connectivity index (χ1) is 21.6. The Kier molecular flexibility index (Phi) is 10.1. The summed E-state index contributed by atoms with van der Waals surface area (Å²) < 4.78 is 14.0. The van der Waals surface area contributed by atoms with Crippen molar-refractivity contribution < 1.29 is 24.2 Å². The summed E-state index contributed by atoms with van der Waals surface area (Å²) in [5, 5.41) is 14.1. The number of amides is 2. The van der Waals surface area contributed by atoms with E-state index in [0.29, 0.717) is 30.1 Å². The van der Waals surface area contributed by atoms with E-state index in [0.717, 1.165) is 34.3 Å². The molecule has 9 heteroatoms. The van der Waals surface area contributed by atoms with E-state index in [4.69, 9.17) is 9.47 Å². The number of nitrogens with one attached hydrogen (secondary N) is 1. The van der Waals surface area contributed by atoms with Crippen molar-refractivity contribution in [1.82, 2.24) is 14.4 Å². The third kappa shape index (κ3) is 7.67. The normalized spacial score (nSPS) is 17.7. The number of hydrogen-bond donors (Lipinski definition) is 2. The van der Waals surface area contributed by atoms with Gasteiger partial charge in [0.15, 0.2) is 0 Å². The molecule has 1 aromatic heterocycles. The summed E-state index contributed by atoms with van der Waals surface area (Å²) in [5.41, 5.74) is 4.50. The van der Waals surface area contributed by atoms with Gasteiger partial charge >= 0.3 is 0 Å². The van der Waals surface area contributed by atoms with Crippen molar-refractivity contribution in [2.45, 2.75) is 45.4 Å². The van der Waals surface area contributed by atoms with Crippen LogP contribution in [0.3, 0.4) is 0 Å². The third-order valence-electron chi connectivity index (χ3n) is 8.63. The van der Waals surface area contributed by atoms with E-state index in [1.807, 2.05) is 79.3 Å². The Morgan fingerprint density at radius 3 is 2.64 bits per heavy atom. The number of para-hydroxylation sites is 1. The molecule has 2 N–H and O–H groups in total. The number of aromatic nitrogens is 1. The Labute approximate surface area is 265 Å². The lowest BCUT2D eigenvalue weighted by Gasteiger charge is -2.34. The summed E-state index contributed by atoms with van der Waals surface area (Å²) in [6, 6.07) is 21.2. The van der Waals surface area contributed by atoms with E-state index in [9.17, 15) is 14.7 Å². The van der Waals surface area contributed by atoms with Gasteiger partial charge in [-0.25, -0.2) is 0 Å². The van der Waals surface area contributed by atoms with Gasteiger partial charge in [0, 0.05) is 61.0 Å². The summed E-state index contributed by atoms with van der Waals surface area (Å²) in [6.07, 6.45) is 2.10. The maximum Gasteiger partial charge on any atom is 0.228 e. The molecular weight excluding hydrogens is 568 g/mol. The van der Waals surface area contributed by atoms with E-state index in [1.165, 1.54) is 0 Å². The number of aliphatic hydroxyl groups is 1. The Hall–Kier alpha value is -4.34. The van der Waals surface area contributed by atoms with Crippen LogP contribution < -0.4 is 14.8 Å². The molecule has 0 bridgehead atoms. The van der Waals surface area contributed by atoms with Crippen molar-refractivity contribution in [3.63, 3.8) is 0 Å². The van der Waals surface area contributed by atoms with Gasteiger partial charge < -0.3 is 29.4 Å². The number of likely N-dealkylation sites (N-methyl/N-ethyl adjacent to an activating group) is 1. The molecule has 0 radical (unpaired) electrons. The molecule has 45 heavy (non-hydrogen) atoms. The van der Waals surface area contributed by atoms with E-state index < -0.39 is 0 Å². The molecule has 0 saturated heterocycles. The summed E-state index contributed by atoms with van der Waals surface area (Å²) in [7, 11) is 5.69. The second kappa shape index (κ2) is 14.2. The molecule has 0 unspecified atom stereocenters. The number of rotatable bonds is 10. The van der Waals surface area contributed by atoms with Crippen molar-refractivity contribution in [3.8, 4) is 11.5 Å². The monoisotopic (exact) mass is 612 g/mol. The molecule has 1 aliphatic rings. The average molecular weight is 613 g/mol. The van der Waals surface area contributed by atoms with Gasteiger partial charge in [-0.2, -0.15) is 0 Å². The number of ether oxygens (including phenoxy) is 2. The molecule has 0 fully saturated rings. The number of fused-ring (bicyclic) bond motifs is 2. The smallest absolute Gasteiger partial charge is 0.228 e. The average Bonchev–Trinajstić information content (AvgIpc) is 3.36. The van der Waals surface area contributed by atoms with E-state index >= 15 is 0 Å². The van der Waals surface area contributed by atoms with Crippen LogP contribution in [0.25, 0.3) is 10.9 Å². The van der Waals surface area contributed by atoms with Gasteiger partial charge in [-0.1, -0.05) is 37.3 Å². The van der Waals surface area contributed by atoms with Crippen molar-refractivity contribution in [2.24, 2.45) is 13.0 Å². The highest BCUT2D eigenvalue weighted by Crippen LogP contribution is 2.30. The predicted octanol–water partition coefficient (Wildman–Crippen LogP) is 4.65. The molecule has 0 aliphatic carbocycles. The number of hydrogen-bond acceptors (Lipinski definition) is 6. The van der Waals surface area contributed by atoms with Crippen LogP contribution in [0, 0.1) is 5.92 Å². The maximum absolute atomic E-state index is 13.6. The van der Waals surface area contributed by atoms with Gasteiger partial charge in [-0.05, 0) is 61.5 Å². The fourth-order valence-electron chi connectivity index (χ4n) is 6.08. The van der Waals surface area contributed by atoms with Crippen molar-refractivity contribution in [3.05, 3.63) is 89.6 Å². The zero-order chi connectivity index (χ0) is 32.1. The van der Waals surface area contributed by atoms with Crippen LogP contribution >= 0.6 is 0 Å². The van der Waals surface area contributed by atoms with Crippen molar-refractivity contribution >= 4 is 28.4 Å². The topological polar surface area (TPSA) is 96.3 Å². The van der Waals surface area contributed by atoms with Crippen LogP contribution in [0.4, 0.5) is 5.69 Å². The highest BCUT2D eigenvalue weighted by Gasteiger charge is 2.31. The molecule has 9 nitrogen and oxygen atoms in total. The zero-order valence-electron chi connectivity index (χ0n) is 26.8. The number of carbonyl (C=O) groups is 2. The van der Waals surface area contributed by atoms with E-state index in [2.05, 4.69) is 36.3 Å². The Bertz CT molecular complexity index is 1630. The van der Waals surface area contributed by atoms with Gasteiger partial charge in [0.1, 0.15) is 17.6 Å².